The molecular weight excluding hydrogens is 311 g/mol. The van der Waals surface area contributed by atoms with E-state index >= 15 is 0 Å². The molecule has 1 amide bonds. The second-order valence-corrected chi connectivity index (χ2v) is 5.30. The van der Waals surface area contributed by atoms with Gasteiger partial charge in [0.05, 0.1) is 12.0 Å². The van der Waals surface area contributed by atoms with Crippen LogP contribution < -0.4 is 5.32 Å². The first kappa shape index (κ1) is 18.4. The molecule has 0 aromatic heterocycles. The maximum absolute atomic E-state index is 13.5. The van der Waals surface area contributed by atoms with Gasteiger partial charge >= 0.3 is 5.97 Å². The summed E-state index contributed by atoms with van der Waals surface area (Å²) in [6, 6.07) is 5.87. The van der Waals surface area contributed by atoms with Gasteiger partial charge in [-0.25, -0.2) is 4.39 Å². The Balaban J connectivity index is 0.00000242. The zero-order chi connectivity index (χ0) is 15.4. The highest BCUT2D eigenvalue weighted by Gasteiger charge is 2.32. The molecule has 2 N–H and O–H groups in total. The van der Waals surface area contributed by atoms with Gasteiger partial charge in [0.1, 0.15) is 5.82 Å². The molecule has 7 heteroatoms. The number of nitrogens with one attached hydrogen (secondary N) is 1. The lowest BCUT2D eigenvalue weighted by Gasteiger charge is -2.23. The summed E-state index contributed by atoms with van der Waals surface area (Å²) in [6.45, 7) is 2.84. The number of amides is 1. The number of benzene rings is 1. The molecule has 0 saturated carbocycles. The summed E-state index contributed by atoms with van der Waals surface area (Å²) in [5.74, 6) is -1.80. The van der Waals surface area contributed by atoms with Crippen molar-refractivity contribution in [2.45, 2.75) is 25.9 Å². The summed E-state index contributed by atoms with van der Waals surface area (Å²) >= 11 is 0. The van der Waals surface area contributed by atoms with Crippen LogP contribution in [0.3, 0.4) is 0 Å². The van der Waals surface area contributed by atoms with Gasteiger partial charge in [0.25, 0.3) is 0 Å². The Labute approximate surface area is 134 Å². The van der Waals surface area contributed by atoms with Gasteiger partial charge in [-0.15, -0.1) is 12.4 Å². The Hall–Kier alpha value is -1.66. The quantitative estimate of drug-likeness (QED) is 0.861. The lowest BCUT2D eigenvalue weighted by Crippen LogP contribution is -2.44. The van der Waals surface area contributed by atoms with Gasteiger partial charge in [-0.2, -0.15) is 0 Å². The van der Waals surface area contributed by atoms with E-state index in [-0.39, 0.29) is 30.7 Å². The van der Waals surface area contributed by atoms with Crippen LogP contribution in [0.1, 0.15) is 18.9 Å². The number of nitrogens with zero attached hydrogens (tertiary/aromatic N) is 1. The van der Waals surface area contributed by atoms with Crippen LogP contribution in [0.25, 0.3) is 0 Å². The van der Waals surface area contributed by atoms with E-state index in [1.807, 2.05) is 4.90 Å². The average molecular weight is 331 g/mol. The highest BCUT2D eigenvalue weighted by atomic mass is 35.5. The number of aliphatic carboxylic acids is 1. The van der Waals surface area contributed by atoms with Crippen LogP contribution in [0.2, 0.25) is 0 Å². The molecule has 2 unspecified atom stereocenters. The average Bonchev–Trinajstić information content (AvgIpc) is 2.95. The minimum absolute atomic E-state index is 0. The third kappa shape index (κ3) is 4.42. The zero-order valence-corrected chi connectivity index (χ0v) is 13.1. The number of carboxylic acids is 1. The molecule has 122 valence electrons. The molecule has 1 heterocycles. The molecule has 0 bridgehead atoms. The maximum atomic E-state index is 13.5. The lowest BCUT2D eigenvalue weighted by atomic mass is 10.1. The van der Waals surface area contributed by atoms with E-state index in [0.717, 1.165) is 0 Å². The Morgan fingerprint density at radius 2 is 2.14 bits per heavy atom. The molecular formula is C15H20ClFN2O3. The Morgan fingerprint density at radius 3 is 2.73 bits per heavy atom. The van der Waals surface area contributed by atoms with Gasteiger partial charge in [-0.1, -0.05) is 18.2 Å². The highest BCUT2D eigenvalue weighted by molar-refractivity contribution is 5.85. The predicted molar refractivity (Wildman–Crippen MR) is 82.3 cm³/mol. The Kier molecular flexibility index (Phi) is 6.77. The summed E-state index contributed by atoms with van der Waals surface area (Å²) in [7, 11) is 0. The van der Waals surface area contributed by atoms with Crippen molar-refractivity contribution in [3.05, 3.63) is 35.6 Å². The number of rotatable bonds is 5. The first-order chi connectivity index (χ1) is 9.99. The van der Waals surface area contributed by atoms with Crippen molar-refractivity contribution in [1.29, 1.82) is 0 Å². The van der Waals surface area contributed by atoms with E-state index in [1.165, 1.54) is 6.07 Å². The minimum atomic E-state index is -0.823. The fraction of sp³-hybridized carbons (Fsp3) is 0.467. The normalized spacial score (nSPS) is 19.3. The van der Waals surface area contributed by atoms with Crippen LogP contribution in [0.5, 0.6) is 0 Å². The van der Waals surface area contributed by atoms with Crippen molar-refractivity contribution >= 4 is 24.3 Å². The molecule has 1 aromatic carbocycles. The standard InChI is InChI=1S/C15H19FN2O3.ClH/c1-10(18-7-6-12(9-18)15(20)21)14(19)17-8-11-4-2-3-5-13(11)16;/h2-5,10,12H,6-9H2,1H3,(H,17,19)(H,20,21);1H. The van der Waals surface area contributed by atoms with Crippen LogP contribution in [0.4, 0.5) is 4.39 Å². The third-order valence-electron chi connectivity index (χ3n) is 3.91. The van der Waals surface area contributed by atoms with E-state index in [1.54, 1.807) is 25.1 Å². The topological polar surface area (TPSA) is 69.6 Å². The minimum Gasteiger partial charge on any atom is -0.481 e. The van der Waals surface area contributed by atoms with Crippen LogP contribution in [0, 0.1) is 11.7 Å². The maximum Gasteiger partial charge on any atom is 0.307 e. The number of carbonyl (C=O) groups is 2. The predicted octanol–water partition coefficient (Wildman–Crippen LogP) is 1.66. The fourth-order valence-electron chi connectivity index (χ4n) is 2.48. The molecule has 0 spiro atoms. The molecule has 1 aliphatic rings. The van der Waals surface area contributed by atoms with E-state index in [4.69, 9.17) is 5.11 Å². The van der Waals surface area contributed by atoms with Crippen LogP contribution in [0.15, 0.2) is 24.3 Å². The van der Waals surface area contributed by atoms with Gasteiger partial charge in [-0.3, -0.25) is 14.5 Å². The SMILES string of the molecule is CC(C(=O)NCc1ccccc1F)N1CCC(C(=O)O)C1.Cl. The summed E-state index contributed by atoms with van der Waals surface area (Å²) in [6.07, 6.45) is 0.556. The molecule has 1 aromatic rings. The highest BCUT2D eigenvalue weighted by Crippen LogP contribution is 2.18. The fourth-order valence-corrected chi connectivity index (χ4v) is 2.48. The second-order valence-electron chi connectivity index (χ2n) is 5.30. The molecule has 1 saturated heterocycles. The summed E-state index contributed by atoms with van der Waals surface area (Å²) in [5.41, 5.74) is 0.433. The van der Waals surface area contributed by atoms with Crippen molar-refractivity contribution < 1.29 is 19.1 Å². The first-order valence-electron chi connectivity index (χ1n) is 6.97. The number of hydrogen-bond donors (Lipinski definition) is 2. The number of carboxylic acid groups (broad SMARTS) is 1. The van der Waals surface area contributed by atoms with Crippen LogP contribution >= 0.6 is 12.4 Å². The molecule has 2 rings (SSSR count). The van der Waals surface area contributed by atoms with Crippen LogP contribution in [-0.2, 0) is 16.1 Å². The summed E-state index contributed by atoms with van der Waals surface area (Å²) in [5, 5.41) is 11.7. The molecule has 2 atom stereocenters. The van der Waals surface area contributed by atoms with Gasteiger partial charge < -0.3 is 10.4 Å². The Morgan fingerprint density at radius 1 is 1.45 bits per heavy atom. The molecule has 1 fully saturated rings. The largest absolute Gasteiger partial charge is 0.481 e. The molecule has 0 radical (unpaired) electrons. The number of hydrogen-bond acceptors (Lipinski definition) is 3. The molecule has 22 heavy (non-hydrogen) atoms. The first-order valence-corrected chi connectivity index (χ1v) is 6.97. The van der Waals surface area contributed by atoms with Crippen molar-refractivity contribution in [3.8, 4) is 0 Å². The van der Waals surface area contributed by atoms with Crippen molar-refractivity contribution in [1.82, 2.24) is 10.2 Å². The Bertz CT molecular complexity index is 541. The smallest absolute Gasteiger partial charge is 0.307 e. The lowest BCUT2D eigenvalue weighted by molar-refractivity contribution is -0.141. The molecule has 5 nitrogen and oxygen atoms in total. The van der Waals surface area contributed by atoms with E-state index in [0.29, 0.717) is 25.1 Å². The monoisotopic (exact) mass is 330 g/mol. The second kappa shape index (κ2) is 8.10. The molecule has 1 aliphatic heterocycles. The number of halogens is 2. The van der Waals surface area contributed by atoms with Crippen molar-refractivity contribution in [2.75, 3.05) is 13.1 Å². The van der Waals surface area contributed by atoms with Crippen molar-refractivity contribution in [3.63, 3.8) is 0 Å². The summed E-state index contributed by atoms with van der Waals surface area (Å²) in [4.78, 5) is 24.8. The van der Waals surface area contributed by atoms with Gasteiger partial charge in [0.2, 0.25) is 5.91 Å². The van der Waals surface area contributed by atoms with Gasteiger partial charge in [0, 0.05) is 18.7 Å². The van der Waals surface area contributed by atoms with E-state index in [9.17, 15) is 14.0 Å². The van der Waals surface area contributed by atoms with E-state index < -0.39 is 17.9 Å². The summed E-state index contributed by atoms with van der Waals surface area (Å²) < 4.78 is 13.5. The van der Waals surface area contributed by atoms with E-state index in [2.05, 4.69) is 5.32 Å². The number of carbonyl (C=O) groups excluding carboxylic acids is 1. The van der Waals surface area contributed by atoms with Gasteiger partial charge in [-0.05, 0) is 26.0 Å². The third-order valence-corrected chi connectivity index (χ3v) is 3.91. The van der Waals surface area contributed by atoms with Crippen molar-refractivity contribution in [2.24, 2.45) is 5.92 Å². The number of likely N-dealkylation sites (tertiary alicyclic amines) is 1. The van der Waals surface area contributed by atoms with Gasteiger partial charge in [0.15, 0.2) is 0 Å². The molecule has 0 aliphatic carbocycles. The zero-order valence-electron chi connectivity index (χ0n) is 12.3. The van der Waals surface area contributed by atoms with Crippen LogP contribution in [-0.4, -0.2) is 41.0 Å².